The summed E-state index contributed by atoms with van der Waals surface area (Å²) in [5, 5.41) is 11.0. The molecule has 23 heavy (non-hydrogen) atoms. The number of aromatic amines is 1. The van der Waals surface area contributed by atoms with Crippen LogP contribution >= 0.6 is 0 Å². The highest BCUT2D eigenvalue weighted by molar-refractivity contribution is 5.93. The number of benzene rings is 1. The molecule has 7 heteroatoms. The quantitative estimate of drug-likeness (QED) is 0.905. The molecule has 2 aromatic rings. The number of nitrogens with one attached hydrogen (secondary N) is 2. The third kappa shape index (κ3) is 3.46. The minimum atomic E-state index is -0.104. The number of amides is 2. The monoisotopic (exact) mass is 318 g/mol. The Kier molecular flexibility index (Phi) is 4.78. The maximum absolute atomic E-state index is 12.6. The number of ether oxygens (including phenoxy) is 2. The minimum Gasteiger partial charge on any atom is -0.385 e. The molecular weight excluding hydrogens is 296 g/mol. The zero-order valence-electron chi connectivity index (χ0n) is 13.5. The summed E-state index contributed by atoms with van der Waals surface area (Å²) in [5.41, 5.74) is 2.75. The second-order valence-corrected chi connectivity index (χ2v) is 5.76. The molecule has 0 radical (unpaired) electrons. The minimum absolute atomic E-state index is 0.0423. The summed E-state index contributed by atoms with van der Waals surface area (Å²) in [6.07, 6.45) is 2.56. The number of aromatic nitrogens is 2. The number of hydrogen-bond acceptors (Lipinski definition) is 4. The van der Waals surface area contributed by atoms with Gasteiger partial charge >= 0.3 is 6.03 Å². The fourth-order valence-electron chi connectivity index (χ4n) is 2.91. The van der Waals surface area contributed by atoms with Crippen LogP contribution in [0.2, 0.25) is 0 Å². The highest BCUT2D eigenvalue weighted by Crippen LogP contribution is 2.22. The first-order valence-corrected chi connectivity index (χ1v) is 7.77. The molecule has 2 N–H and O–H groups in total. The summed E-state index contributed by atoms with van der Waals surface area (Å²) in [6, 6.07) is 3.80. The molecule has 2 amide bonds. The van der Waals surface area contributed by atoms with Gasteiger partial charge in [0.25, 0.3) is 0 Å². The second-order valence-electron chi connectivity index (χ2n) is 5.76. The third-order valence-corrected chi connectivity index (χ3v) is 4.16. The van der Waals surface area contributed by atoms with Gasteiger partial charge in [-0.25, -0.2) is 4.79 Å². The lowest BCUT2D eigenvalue weighted by Crippen LogP contribution is -2.50. The summed E-state index contributed by atoms with van der Waals surface area (Å²) >= 11 is 0. The van der Waals surface area contributed by atoms with Crippen LogP contribution in [0, 0.1) is 6.92 Å². The van der Waals surface area contributed by atoms with Crippen LogP contribution in [0.15, 0.2) is 18.3 Å². The molecule has 0 spiro atoms. The number of morpholine rings is 1. The van der Waals surface area contributed by atoms with Crippen molar-refractivity contribution in [2.75, 3.05) is 38.8 Å². The van der Waals surface area contributed by atoms with Crippen molar-refractivity contribution in [2.24, 2.45) is 0 Å². The number of aryl methyl sites for hydroxylation is 1. The van der Waals surface area contributed by atoms with E-state index in [1.54, 1.807) is 13.3 Å². The van der Waals surface area contributed by atoms with Gasteiger partial charge in [-0.3, -0.25) is 5.10 Å². The highest BCUT2D eigenvalue weighted by Gasteiger charge is 2.27. The third-order valence-electron chi connectivity index (χ3n) is 4.16. The van der Waals surface area contributed by atoms with Crippen molar-refractivity contribution in [3.05, 3.63) is 23.9 Å². The molecule has 1 aliphatic heterocycles. The topological polar surface area (TPSA) is 79.5 Å². The van der Waals surface area contributed by atoms with Crippen LogP contribution in [0.4, 0.5) is 10.5 Å². The van der Waals surface area contributed by atoms with Crippen molar-refractivity contribution >= 4 is 22.6 Å². The first-order valence-electron chi connectivity index (χ1n) is 7.77. The number of anilines is 1. The Labute approximate surface area is 134 Å². The molecule has 0 unspecified atom stereocenters. The number of hydrogen-bond donors (Lipinski definition) is 2. The lowest BCUT2D eigenvalue weighted by atomic mass is 10.1. The van der Waals surface area contributed by atoms with Gasteiger partial charge in [-0.15, -0.1) is 0 Å². The molecule has 1 aromatic heterocycles. The predicted molar refractivity (Wildman–Crippen MR) is 87.7 cm³/mol. The Balaban J connectivity index is 1.73. The summed E-state index contributed by atoms with van der Waals surface area (Å²) in [6.45, 7) is 4.32. The molecule has 1 aliphatic rings. The maximum atomic E-state index is 12.6. The van der Waals surface area contributed by atoms with Crippen molar-refractivity contribution in [3.63, 3.8) is 0 Å². The van der Waals surface area contributed by atoms with E-state index < -0.39 is 0 Å². The van der Waals surface area contributed by atoms with Crippen molar-refractivity contribution in [1.29, 1.82) is 0 Å². The number of nitrogens with zero attached hydrogens (tertiary/aromatic N) is 2. The molecule has 2 heterocycles. The van der Waals surface area contributed by atoms with Crippen molar-refractivity contribution < 1.29 is 14.3 Å². The van der Waals surface area contributed by atoms with E-state index in [1.807, 2.05) is 24.0 Å². The van der Waals surface area contributed by atoms with E-state index in [9.17, 15) is 4.79 Å². The number of methoxy groups -OCH3 is 1. The Morgan fingerprint density at radius 2 is 2.43 bits per heavy atom. The number of fused-ring (bicyclic) bond motifs is 1. The van der Waals surface area contributed by atoms with Crippen LogP contribution in [-0.4, -0.2) is 60.6 Å². The van der Waals surface area contributed by atoms with E-state index in [0.717, 1.165) is 28.6 Å². The summed E-state index contributed by atoms with van der Waals surface area (Å²) in [5.74, 6) is 0. The van der Waals surface area contributed by atoms with Gasteiger partial charge in [0.15, 0.2) is 0 Å². The van der Waals surface area contributed by atoms with Crippen molar-refractivity contribution in [3.8, 4) is 0 Å². The van der Waals surface area contributed by atoms with Crippen LogP contribution in [-0.2, 0) is 9.47 Å². The van der Waals surface area contributed by atoms with Gasteiger partial charge in [-0.05, 0) is 31.0 Å². The number of urea groups is 1. The number of carbonyl (C=O) groups excluding carboxylic acids is 1. The standard InChI is InChI=1S/C16H22N4O3/c1-11-7-12(8-15-14(11)9-17-19-15)18-16(21)20-4-6-23-10-13(20)3-5-22-2/h7-9,13H,3-6,10H2,1-2H3,(H,17,19)(H,18,21)/t13-/m1/s1. The van der Waals surface area contributed by atoms with E-state index in [2.05, 4.69) is 15.5 Å². The first kappa shape index (κ1) is 15.8. The van der Waals surface area contributed by atoms with E-state index in [0.29, 0.717) is 26.4 Å². The van der Waals surface area contributed by atoms with Gasteiger partial charge in [0.1, 0.15) is 0 Å². The molecule has 1 aromatic carbocycles. The van der Waals surface area contributed by atoms with E-state index in [-0.39, 0.29) is 12.1 Å². The van der Waals surface area contributed by atoms with E-state index >= 15 is 0 Å². The normalized spacial score (nSPS) is 18.3. The molecule has 7 nitrogen and oxygen atoms in total. The highest BCUT2D eigenvalue weighted by atomic mass is 16.5. The molecule has 124 valence electrons. The molecule has 1 atom stereocenters. The van der Waals surface area contributed by atoms with E-state index in [1.165, 1.54) is 0 Å². The molecule has 3 rings (SSSR count). The fraction of sp³-hybridized carbons (Fsp3) is 0.500. The van der Waals surface area contributed by atoms with Gasteiger partial charge in [-0.2, -0.15) is 5.10 Å². The Morgan fingerprint density at radius 1 is 1.57 bits per heavy atom. The number of rotatable bonds is 4. The SMILES string of the molecule is COCC[C@@H]1COCCN1C(=O)Nc1cc(C)c2cn[nH]c2c1. The lowest BCUT2D eigenvalue weighted by Gasteiger charge is -2.35. The van der Waals surface area contributed by atoms with Crippen molar-refractivity contribution in [2.45, 2.75) is 19.4 Å². The summed E-state index contributed by atoms with van der Waals surface area (Å²) in [7, 11) is 1.66. The zero-order chi connectivity index (χ0) is 16.2. The van der Waals surface area contributed by atoms with Gasteiger partial charge < -0.3 is 19.7 Å². The number of H-pyrrole nitrogens is 1. The molecule has 0 aliphatic carbocycles. The average molecular weight is 318 g/mol. The molecular formula is C16H22N4O3. The smallest absolute Gasteiger partial charge is 0.322 e. The molecule has 0 saturated carbocycles. The van der Waals surface area contributed by atoms with Gasteiger partial charge in [0.05, 0.1) is 31.0 Å². The Hall–Kier alpha value is -2.12. The first-order chi connectivity index (χ1) is 11.2. The maximum Gasteiger partial charge on any atom is 0.322 e. The molecule has 0 bridgehead atoms. The molecule has 1 fully saturated rings. The van der Waals surface area contributed by atoms with Crippen LogP contribution in [0.1, 0.15) is 12.0 Å². The predicted octanol–water partition coefficient (Wildman–Crippen LogP) is 2.14. The Bertz CT molecular complexity index is 685. The summed E-state index contributed by atoms with van der Waals surface area (Å²) < 4.78 is 10.6. The number of carbonyl (C=O) groups is 1. The van der Waals surface area contributed by atoms with Crippen LogP contribution < -0.4 is 5.32 Å². The van der Waals surface area contributed by atoms with Crippen molar-refractivity contribution in [1.82, 2.24) is 15.1 Å². The second kappa shape index (κ2) is 6.97. The van der Waals surface area contributed by atoms with Gasteiger partial charge in [0.2, 0.25) is 0 Å². The van der Waals surface area contributed by atoms with Gasteiger partial charge in [-0.1, -0.05) is 0 Å². The summed E-state index contributed by atoms with van der Waals surface area (Å²) in [4.78, 5) is 14.4. The largest absolute Gasteiger partial charge is 0.385 e. The van der Waals surface area contributed by atoms with Crippen LogP contribution in [0.5, 0.6) is 0 Å². The Morgan fingerprint density at radius 3 is 3.26 bits per heavy atom. The molecule has 1 saturated heterocycles. The van der Waals surface area contributed by atoms with E-state index in [4.69, 9.17) is 9.47 Å². The zero-order valence-corrected chi connectivity index (χ0v) is 13.5. The van der Waals surface area contributed by atoms with Crippen LogP contribution in [0.3, 0.4) is 0 Å². The lowest BCUT2D eigenvalue weighted by molar-refractivity contribution is 0.00449. The van der Waals surface area contributed by atoms with Gasteiger partial charge in [0, 0.05) is 31.3 Å². The van der Waals surface area contributed by atoms with Crippen LogP contribution in [0.25, 0.3) is 10.9 Å². The average Bonchev–Trinajstić information content (AvgIpc) is 3.02. The fourth-order valence-corrected chi connectivity index (χ4v) is 2.91.